The van der Waals surface area contributed by atoms with Gasteiger partial charge >= 0.3 is 0 Å². The molecule has 0 saturated carbocycles. The molecule has 80 valence electrons. The maximum atomic E-state index is 9.66. The van der Waals surface area contributed by atoms with E-state index in [9.17, 15) is 5.11 Å². The zero-order valence-electron chi connectivity index (χ0n) is 9.42. The average molecular weight is 205 g/mol. The standard InChI is InChI=1S/C10H23NOS/c1-8(7-13-5)6-11-9(2)10(3,4)12/h8-9,11-12H,6-7H2,1-5H3. The van der Waals surface area contributed by atoms with Crippen LogP contribution in [0, 0.1) is 5.92 Å². The summed E-state index contributed by atoms with van der Waals surface area (Å²) in [5.74, 6) is 1.84. The zero-order valence-corrected chi connectivity index (χ0v) is 10.2. The van der Waals surface area contributed by atoms with Gasteiger partial charge in [-0.2, -0.15) is 11.8 Å². The molecule has 0 bridgehead atoms. The minimum atomic E-state index is -0.626. The molecule has 0 aromatic rings. The fraction of sp³-hybridized carbons (Fsp3) is 1.00. The second-order valence-corrected chi connectivity index (χ2v) is 5.25. The number of rotatable bonds is 6. The lowest BCUT2D eigenvalue weighted by Gasteiger charge is -2.28. The summed E-state index contributed by atoms with van der Waals surface area (Å²) in [6.07, 6.45) is 2.12. The first-order valence-electron chi connectivity index (χ1n) is 4.82. The van der Waals surface area contributed by atoms with Crippen molar-refractivity contribution < 1.29 is 5.11 Å². The summed E-state index contributed by atoms with van der Waals surface area (Å²) in [6.45, 7) is 8.90. The normalized spacial score (nSPS) is 17.1. The lowest BCUT2D eigenvalue weighted by molar-refractivity contribution is 0.0435. The Labute approximate surface area is 86.5 Å². The average Bonchev–Trinajstić information content (AvgIpc) is 1.99. The van der Waals surface area contributed by atoms with E-state index in [1.807, 2.05) is 32.5 Å². The van der Waals surface area contributed by atoms with Crippen LogP contribution in [-0.4, -0.2) is 35.3 Å². The van der Waals surface area contributed by atoms with E-state index in [1.54, 1.807) is 0 Å². The fourth-order valence-electron chi connectivity index (χ4n) is 0.971. The first kappa shape index (κ1) is 13.3. The molecule has 2 N–H and O–H groups in total. The molecule has 0 aliphatic heterocycles. The van der Waals surface area contributed by atoms with Crippen molar-refractivity contribution in [1.29, 1.82) is 0 Å². The smallest absolute Gasteiger partial charge is 0.0741 e. The molecule has 2 nitrogen and oxygen atoms in total. The van der Waals surface area contributed by atoms with Crippen molar-refractivity contribution in [2.75, 3.05) is 18.6 Å². The van der Waals surface area contributed by atoms with Crippen LogP contribution in [0.5, 0.6) is 0 Å². The highest BCUT2D eigenvalue weighted by molar-refractivity contribution is 7.98. The molecule has 13 heavy (non-hydrogen) atoms. The van der Waals surface area contributed by atoms with Crippen LogP contribution in [0.15, 0.2) is 0 Å². The Morgan fingerprint density at radius 1 is 1.38 bits per heavy atom. The van der Waals surface area contributed by atoms with E-state index in [0.29, 0.717) is 5.92 Å². The maximum absolute atomic E-state index is 9.66. The van der Waals surface area contributed by atoms with Crippen LogP contribution in [0.3, 0.4) is 0 Å². The van der Waals surface area contributed by atoms with Gasteiger partial charge in [0.25, 0.3) is 0 Å². The van der Waals surface area contributed by atoms with Crippen LogP contribution in [0.2, 0.25) is 0 Å². The van der Waals surface area contributed by atoms with Gasteiger partial charge in [0.05, 0.1) is 5.60 Å². The van der Waals surface area contributed by atoms with Crippen LogP contribution < -0.4 is 5.32 Å². The van der Waals surface area contributed by atoms with Gasteiger partial charge in [0.1, 0.15) is 0 Å². The van der Waals surface area contributed by atoms with E-state index in [0.717, 1.165) is 6.54 Å². The van der Waals surface area contributed by atoms with Crippen LogP contribution in [-0.2, 0) is 0 Å². The highest BCUT2D eigenvalue weighted by atomic mass is 32.2. The number of hydrogen-bond acceptors (Lipinski definition) is 3. The van der Waals surface area contributed by atoms with Crippen molar-refractivity contribution >= 4 is 11.8 Å². The molecule has 0 heterocycles. The highest BCUT2D eigenvalue weighted by Gasteiger charge is 2.21. The molecule has 0 rings (SSSR count). The zero-order chi connectivity index (χ0) is 10.5. The molecule has 0 amide bonds. The van der Waals surface area contributed by atoms with E-state index in [2.05, 4.69) is 18.5 Å². The Bertz CT molecular complexity index is 133. The van der Waals surface area contributed by atoms with Crippen LogP contribution in [0.4, 0.5) is 0 Å². The fourth-order valence-corrected chi connectivity index (χ4v) is 1.66. The molecule has 0 saturated heterocycles. The summed E-state index contributed by atoms with van der Waals surface area (Å²) in [5, 5.41) is 13.0. The summed E-state index contributed by atoms with van der Waals surface area (Å²) in [7, 11) is 0. The molecule has 0 fully saturated rings. The van der Waals surface area contributed by atoms with Gasteiger partial charge in [0.15, 0.2) is 0 Å². The summed E-state index contributed by atoms with van der Waals surface area (Å²) >= 11 is 1.87. The van der Waals surface area contributed by atoms with Gasteiger partial charge in [0.2, 0.25) is 0 Å². The van der Waals surface area contributed by atoms with Gasteiger partial charge in [-0.05, 0) is 45.2 Å². The maximum Gasteiger partial charge on any atom is 0.0741 e. The van der Waals surface area contributed by atoms with Crippen molar-refractivity contribution in [3.8, 4) is 0 Å². The molecule has 0 aliphatic carbocycles. The van der Waals surface area contributed by atoms with E-state index in [1.165, 1.54) is 5.75 Å². The minimum absolute atomic E-state index is 0.150. The monoisotopic (exact) mass is 205 g/mol. The summed E-state index contributed by atoms with van der Waals surface area (Å²) in [6, 6.07) is 0.150. The van der Waals surface area contributed by atoms with Crippen molar-refractivity contribution in [3.05, 3.63) is 0 Å². The third kappa shape index (κ3) is 6.36. The lowest BCUT2D eigenvalue weighted by atomic mass is 10.0. The molecule has 0 aromatic heterocycles. The number of aliphatic hydroxyl groups is 1. The SMILES string of the molecule is CSCC(C)CNC(C)C(C)(C)O. The van der Waals surface area contributed by atoms with Crippen molar-refractivity contribution in [1.82, 2.24) is 5.32 Å². The molecule has 2 atom stereocenters. The Hall–Kier alpha value is 0.270. The topological polar surface area (TPSA) is 32.3 Å². The van der Waals surface area contributed by atoms with E-state index < -0.39 is 5.60 Å². The van der Waals surface area contributed by atoms with Gasteiger partial charge in [-0.1, -0.05) is 6.92 Å². The number of thioether (sulfide) groups is 1. The second kappa shape index (κ2) is 5.89. The highest BCUT2D eigenvalue weighted by Crippen LogP contribution is 2.09. The van der Waals surface area contributed by atoms with Gasteiger partial charge in [-0.3, -0.25) is 0 Å². The van der Waals surface area contributed by atoms with Gasteiger partial charge in [-0.25, -0.2) is 0 Å². The Kier molecular flexibility index (Phi) is 6.01. The molecule has 0 aliphatic rings. The van der Waals surface area contributed by atoms with Crippen molar-refractivity contribution in [2.45, 2.75) is 39.3 Å². The molecular formula is C10H23NOS. The Balaban J connectivity index is 3.63. The predicted molar refractivity (Wildman–Crippen MR) is 61.3 cm³/mol. The minimum Gasteiger partial charge on any atom is -0.389 e. The molecule has 0 aromatic carbocycles. The quantitative estimate of drug-likeness (QED) is 0.693. The third-order valence-electron chi connectivity index (χ3n) is 2.28. The second-order valence-electron chi connectivity index (χ2n) is 4.34. The summed E-state index contributed by atoms with van der Waals surface area (Å²) in [5.41, 5.74) is -0.626. The van der Waals surface area contributed by atoms with Gasteiger partial charge in [0, 0.05) is 6.04 Å². The summed E-state index contributed by atoms with van der Waals surface area (Å²) < 4.78 is 0. The largest absolute Gasteiger partial charge is 0.389 e. The van der Waals surface area contributed by atoms with Crippen LogP contribution in [0.1, 0.15) is 27.7 Å². The van der Waals surface area contributed by atoms with E-state index in [-0.39, 0.29) is 6.04 Å². The van der Waals surface area contributed by atoms with Crippen molar-refractivity contribution in [3.63, 3.8) is 0 Å². The van der Waals surface area contributed by atoms with Crippen LogP contribution in [0.25, 0.3) is 0 Å². The van der Waals surface area contributed by atoms with E-state index >= 15 is 0 Å². The van der Waals surface area contributed by atoms with Gasteiger partial charge < -0.3 is 10.4 Å². The van der Waals surface area contributed by atoms with Gasteiger partial charge in [-0.15, -0.1) is 0 Å². The Morgan fingerprint density at radius 2 is 1.92 bits per heavy atom. The predicted octanol–water partition coefficient (Wildman–Crippen LogP) is 1.73. The number of nitrogens with one attached hydrogen (secondary N) is 1. The van der Waals surface area contributed by atoms with Crippen molar-refractivity contribution in [2.24, 2.45) is 5.92 Å². The number of hydrogen-bond donors (Lipinski definition) is 2. The molecular weight excluding hydrogens is 182 g/mol. The molecule has 2 unspecified atom stereocenters. The summed E-state index contributed by atoms with van der Waals surface area (Å²) in [4.78, 5) is 0. The molecule has 0 radical (unpaired) electrons. The van der Waals surface area contributed by atoms with E-state index in [4.69, 9.17) is 0 Å². The first-order valence-corrected chi connectivity index (χ1v) is 6.22. The molecule has 3 heteroatoms. The molecule has 0 spiro atoms. The Morgan fingerprint density at radius 3 is 2.31 bits per heavy atom. The third-order valence-corrected chi connectivity index (χ3v) is 3.19. The first-order chi connectivity index (χ1) is 5.88. The lowest BCUT2D eigenvalue weighted by Crippen LogP contribution is -2.46. The van der Waals surface area contributed by atoms with Crippen LogP contribution >= 0.6 is 11.8 Å².